The number of rotatable bonds is 31. The molecule has 28 heteroatoms. The van der Waals surface area contributed by atoms with Gasteiger partial charge in [0.15, 0.2) is 5.96 Å². The molecule has 460 valence electrons. The van der Waals surface area contributed by atoms with Crippen molar-refractivity contribution in [3.63, 3.8) is 0 Å². The smallest absolute Gasteiger partial charge is 0.245 e. The van der Waals surface area contributed by atoms with Crippen LogP contribution in [-0.4, -0.2) is 176 Å². The number of amides is 10. The first-order chi connectivity index (χ1) is 40.6. The van der Waals surface area contributed by atoms with Crippen molar-refractivity contribution >= 4 is 75.9 Å². The summed E-state index contributed by atoms with van der Waals surface area (Å²) in [7, 11) is 0. The Bertz CT molecular complexity index is 3000. The summed E-state index contributed by atoms with van der Waals surface area (Å²) in [5, 5.41) is 45.4. The number of carbonyl (C=O) groups excluding carboxylic acids is 10. The summed E-state index contributed by atoms with van der Waals surface area (Å²) in [6.07, 6.45) is 6.46. The van der Waals surface area contributed by atoms with Crippen LogP contribution in [0.1, 0.15) is 95.9 Å². The molecule has 2 aliphatic rings. The predicted molar refractivity (Wildman–Crippen MR) is 311 cm³/mol. The number of benzene rings is 2. The fourth-order valence-corrected chi connectivity index (χ4v) is 10.0. The molecule has 0 spiro atoms. The van der Waals surface area contributed by atoms with Crippen LogP contribution >= 0.6 is 0 Å². The number of fused-ring (bicyclic) bond motifs is 1. The van der Waals surface area contributed by atoms with Crippen LogP contribution in [0.2, 0.25) is 0 Å². The Morgan fingerprint density at radius 2 is 1.38 bits per heavy atom. The molecule has 85 heavy (non-hydrogen) atoms. The highest BCUT2D eigenvalue weighted by Crippen LogP contribution is 2.22. The minimum absolute atomic E-state index is 0.0891. The Balaban J connectivity index is 1.18. The van der Waals surface area contributed by atoms with E-state index in [-0.39, 0.29) is 93.9 Å². The van der Waals surface area contributed by atoms with Crippen LogP contribution in [0.5, 0.6) is 5.75 Å². The van der Waals surface area contributed by atoms with Gasteiger partial charge >= 0.3 is 0 Å². The molecule has 17 N–H and O–H groups in total. The number of phenolic OH excluding ortho intramolecular Hbond substituents is 1. The maximum atomic E-state index is 14.5. The number of aromatic hydroxyl groups is 1. The molecular weight excluding hydrogens is 1100 g/mol. The summed E-state index contributed by atoms with van der Waals surface area (Å²) in [5.41, 5.74) is 13.3. The van der Waals surface area contributed by atoms with E-state index in [2.05, 4.69) is 67.8 Å². The molecule has 0 aliphatic carbocycles. The SMILES string of the molecule is CCCNC(=O)[C@@H]1CCCN1C(=O)[C@H](CCCN=C(N)N)NC(=O)[C@H](CC(C)C)NC(=O)[C@@H](C)NC(=O)[C@H](Cc1ccc(O)cc1)NC(=O)C(CO)NC(=O)[C@H](Cc1c[nH]c2ccccc12)NC(=O)[C@H](Cc1cnc[nH]1)NC(=O)C1CCC(=O)N1. The number of hydrogen-bond donors (Lipinski definition) is 15. The van der Waals surface area contributed by atoms with Crippen LogP contribution in [0.4, 0.5) is 0 Å². The highest BCUT2D eigenvalue weighted by molar-refractivity contribution is 5.99. The molecule has 2 aromatic carbocycles. The molecule has 28 nitrogen and oxygen atoms in total. The van der Waals surface area contributed by atoms with E-state index in [1.165, 1.54) is 48.6 Å². The number of H-pyrrole nitrogens is 2. The Labute approximate surface area is 491 Å². The molecule has 2 fully saturated rings. The number of imidazole rings is 1. The van der Waals surface area contributed by atoms with Crippen molar-refractivity contribution in [3.8, 4) is 5.75 Å². The number of phenols is 1. The topological polar surface area (TPSA) is 432 Å². The maximum Gasteiger partial charge on any atom is 0.245 e. The van der Waals surface area contributed by atoms with Crippen molar-refractivity contribution in [1.82, 2.24) is 67.7 Å². The largest absolute Gasteiger partial charge is 0.508 e. The van der Waals surface area contributed by atoms with Crippen LogP contribution < -0.4 is 59.3 Å². The third kappa shape index (κ3) is 19.2. The molecule has 0 bridgehead atoms. The Morgan fingerprint density at radius 3 is 2.02 bits per heavy atom. The zero-order chi connectivity index (χ0) is 61.7. The highest BCUT2D eigenvalue weighted by atomic mass is 16.3. The fourth-order valence-electron chi connectivity index (χ4n) is 10.0. The number of nitrogens with zero attached hydrogens (tertiary/aromatic N) is 3. The van der Waals surface area contributed by atoms with Gasteiger partial charge in [0.25, 0.3) is 0 Å². The lowest BCUT2D eigenvalue weighted by molar-refractivity contribution is -0.142. The normalized spacial score (nSPS) is 17.2. The molecule has 2 unspecified atom stereocenters. The summed E-state index contributed by atoms with van der Waals surface area (Å²) in [4.78, 5) is 154. The van der Waals surface area contributed by atoms with Crippen molar-refractivity contribution in [3.05, 3.63) is 84.1 Å². The minimum atomic E-state index is -1.75. The molecule has 2 aromatic heterocycles. The molecular formula is C57H80N16O12. The van der Waals surface area contributed by atoms with Crippen LogP contribution in [0.15, 0.2) is 72.2 Å². The maximum absolute atomic E-state index is 14.5. The quantitative estimate of drug-likeness (QED) is 0.0146. The first-order valence-electron chi connectivity index (χ1n) is 28.6. The summed E-state index contributed by atoms with van der Waals surface area (Å²) in [6.45, 7) is 6.74. The summed E-state index contributed by atoms with van der Waals surface area (Å²) in [5.74, 6) is -7.40. The van der Waals surface area contributed by atoms with Gasteiger partial charge in [0.05, 0.1) is 12.9 Å². The van der Waals surface area contributed by atoms with E-state index in [1.807, 2.05) is 26.8 Å². The second-order valence-corrected chi connectivity index (χ2v) is 21.7. The van der Waals surface area contributed by atoms with E-state index >= 15 is 0 Å². The van der Waals surface area contributed by atoms with Gasteiger partial charge in [-0.05, 0) is 87.1 Å². The molecule has 6 rings (SSSR count). The number of para-hydroxylation sites is 1. The van der Waals surface area contributed by atoms with Crippen LogP contribution in [-0.2, 0) is 67.2 Å². The number of aromatic amines is 2. The number of hydrogen-bond acceptors (Lipinski definition) is 14. The van der Waals surface area contributed by atoms with E-state index in [0.717, 1.165) is 5.52 Å². The summed E-state index contributed by atoms with van der Waals surface area (Å²) >= 11 is 0. The van der Waals surface area contributed by atoms with Crippen molar-refractivity contribution in [2.45, 2.75) is 153 Å². The fraction of sp³-hybridized carbons (Fsp3) is 0.509. The van der Waals surface area contributed by atoms with Gasteiger partial charge in [-0.1, -0.05) is 51.1 Å². The zero-order valence-corrected chi connectivity index (χ0v) is 48.2. The Hall–Kier alpha value is -9.08. The van der Waals surface area contributed by atoms with Crippen molar-refractivity contribution in [1.29, 1.82) is 0 Å². The summed E-state index contributed by atoms with van der Waals surface area (Å²) in [6, 6.07) is 1.51. The van der Waals surface area contributed by atoms with Crippen molar-refractivity contribution in [2.75, 3.05) is 26.2 Å². The molecule has 10 amide bonds. The number of aliphatic imine (C=N–C) groups is 1. The van der Waals surface area contributed by atoms with Crippen LogP contribution in [0.25, 0.3) is 10.9 Å². The van der Waals surface area contributed by atoms with E-state index in [9.17, 15) is 58.2 Å². The molecule has 0 radical (unpaired) electrons. The van der Waals surface area contributed by atoms with Crippen LogP contribution in [0.3, 0.4) is 0 Å². The van der Waals surface area contributed by atoms with Gasteiger partial charge in [-0.25, -0.2) is 4.98 Å². The minimum Gasteiger partial charge on any atom is -0.508 e. The molecule has 4 aromatic rings. The molecule has 4 heterocycles. The van der Waals surface area contributed by atoms with E-state index in [0.29, 0.717) is 48.0 Å². The van der Waals surface area contributed by atoms with Crippen LogP contribution in [0, 0.1) is 5.92 Å². The Morgan fingerprint density at radius 1 is 0.741 bits per heavy atom. The van der Waals surface area contributed by atoms with E-state index in [4.69, 9.17) is 11.5 Å². The van der Waals surface area contributed by atoms with E-state index < -0.39 is 108 Å². The lowest BCUT2D eigenvalue weighted by Crippen LogP contribution is -2.61. The number of likely N-dealkylation sites (tertiary alicyclic amines) is 1. The Kier molecular flexibility index (Phi) is 24.2. The number of carbonyl (C=O) groups is 10. The average Bonchev–Trinajstić information content (AvgIpc) is 4.56. The standard InChI is InChI=1S/C57H80N16O12/c1-5-20-61-55(84)46-13-9-22-73(46)56(85)40(12-8-21-62-57(58)59)67-51(80)41(23-31(2)3)68-48(77)32(4)65-50(79)42(24-33-14-16-36(75)17-15-33)69-54(83)45(29-74)72-52(81)43(25-34-27-63-38-11-7-6-10-37(34)38)70-53(82)44(26-35-28-60-30-64-35)71-49(78)39-18-19-47(76)66-39/h6-7,10-11,14-17,27-28,30-32,39-46,63,74-75H,5,8-9,12-13,18-26,29H2,1-4H3,(H,60,64)(H,61,84)(H,65,79)(H,66,76)(H,67,80)(H,68,77)(H,69,83)(H,70,82)(H,71,78)(H,72,81)(H4,58,59,62)/t32-,39?,40+,41+,42+,43+,44+,45?,46+/m1/s1. The molecule has 2 aliphatic heterocycles. The van der Waals surface area contributed by atoms with Crippen molar-refractivity contribution < 1.29 is 58.2 Å². The predicted octanol–water partition coefficient (Wildman–Crippen LogP) is -2.07. The van der Waals surface area contributed by atoms with Crippen molar-refractivity contribution in [2.24, 2.45) is 22.4 Å². The third-order valence-corrected chi connectivity index (χ3v) is 14.5. The van der Waals surface area contributed by atoms with Gasteiger partial charge in [-0.15, -0.1) is 0 Å². The van der Waals surface area contributed by atoms with Gasteiger partial charge in [0, 0.05) is 74.3 Å². The van der Waals surface area contributed by atoms with Gasteiger partial charge in [0.1, 0.15) is 60.1 Å². The number of guanidine groups is 1. The monoisotopic (exact) mass is 1180 g/mol. The zero-order valence-electron chi connectivity index (χ0n) is 48.2. The second-order valence-electron chi connectivity index (χ2n) is 21.7. The van der Waals surface area contributed by atoms with Gasteiger partial charge < -0.3 is 84.4 Å². The van der Waals surface area contributed by atoms with E-state index in [1.54, 1.807) is 24.4 Å². The molecule has 9 atom stereocenters. The number of aliphatic hydroxyl groups is 1. The van der Waals surface area contributed by atoms with Gasteiger partial charge in [0.2, 0.25) is 59.1 Å². The van der Waals surface area contributed by atoms with Gasteiger partial charge in [-0.2, -0.15) is 0 Å². The average molecular weight is 1180 g/mol. The molecule has 0 saturated carbocycles. The van der Waals surface area contributed by atoms with Gasteiger partial charge in [-0.3, -0.25) is 52.9 Å². The lowest BCUT2D eigenvalue weighted by atomic mass is 10.0. The number of aliphatic hydroxyl groups excluding tert-OH is 1. The first kappa shape index (κ1) is 65.1. The first-order valence-corrected chi connectivity index (χ1v) is 28.6. The number of nitrogens with one attached hydrogen (secondary N) is 11. The lowest BCUT2D eigenvalue weighted by Gasteiger charge is -2.30. The highest BCUT2D eigenvalue weighted by Gasteiger charge is 2.39. The number of aromatic nitrogens is 3. The molecule has 2 saturated heterocycles. The number of nitrogens with two attached hydrogens (primary N) is 2. The second kappa shape index (κ2) is 31.5. The third-order valence-electron chi connectivity index (χ3n) is 14.5. The summed E-state index contributed by atoms with van der Waals surface area (Å²) < 4.78 is 0.